The molecule has 0 aromatic carbocycles. The summed E-state index contributed by atoms with van der Waals surface area (Å²) < 4.78 is 5.78. The lowest BCUT2D eigenvalue weighted by Gasteiger charge is -2.15. The fraction of sp³-hybridized carbons (Fsp3) is 0.591. The van der Waals surface area contributed by atoms with Crippen LogP contribution in [-0.4, -0.2) is 40.3 Å². The van der Waals surface area contributed by atoms with Crippen LogP contribution >= 0.6 is 23.1 Å². The number of aromatic nitrogens is 1. The van der Waals surface area contributed by atoms with Gasteiger partial charge in [0.2, 0.25) is 0 Å². The number of thioether (sulfide) groups is 1. The summed E-state index contributed by atoms with van der Waals surface area (Å²) >= 11 is 3.01. The number of aliphatic hydroxyl groups is 1. The Morgan fingerprint density at radius 2 is 2.34 bits per heavy atom. The zero-order valence-corrected chi connectivity index (χ0v) is 18.9. The van der Waals surface area contributed by atoms with Crippen LogP contribution in [0, 0.1) is 11.8 Å². The summed E-state index contributed by atoms with van der Waals surface area (Å²) in [5.74, 6) is 1.02. The molecule has 0 saturated heterocycles. The van der Waals surface area contributed by atoms with E-state index in [0.717, 1.165) is 41.3 Å². The van der Waals surface area contributed by atoms with Crippen molar-refractivity contribution in [3.8, 4) is 0 Å². The number of allylic oxidation sites excluding steroid dienone is 2. The molecule has 29 heavy (non-hydrogen) atoms. The van der Waals surface area contributed by atoms with E-state index >= 15 is 0 Å². The molecule has 0 aliphatic heterocycles. The van der Waals surface area contributed by atoms with Gasteiger partial charge >= 0.3 is 5.97 Å². The Bertz CT molecular complexity index is 728. The van der Waals surface area contributed by atoms with Gasteiger partial charge in [-0.25, -0.2) is 9.78 Å². The number of rotatable bonds is 12. The maximum absolute atomic E-state index is 12.3. The quantitative estimate of drug-likeness (QED) is 0.280. The molecule has 1 saturated carbocycles. The predicted octanol–water partition coefficient (Wildman–Crippen LogP) is 5.06. The van der Waals surface area contributed by atoms with Crippen molar-refractivity contribution in [1.29, 1.82) is 0 Å². The first-order valence-corrected chi connectivity index (χ1v) is 12.0. The highest BCUT2D eigenvalue weighted by molar-refractivity contribution is 8.01. The van der Waals surface area contributed by atoms with Crippen molar-refractivity contribution in [3.63, 3.8) is 0 Å². The summed E-state index contributed by atoms with van der Waals surface area (Å²) in [5, 5.41) is 11.7. The molecule has 0 bridgehead atoms. The zero-order valence-electron chi connectivity index (χ0n) is 17.3. The topological polar surface area (TPSA) is 76.5 Å². The molecule has 1 N–H and O–H groups in total. The number of nitrogens with zero attached hydrogens (tertiary/aromatic N) is 1. The van der Waals surface area contributed by atoms with Crippen molar-refractivity contribution < 1.29 is 19.4 Å². The first-order valence-electron chi connectivity index (χ1n) is 10.2. The second-order valence-corrected chi connectivity index (χ2v) is 9.65. The molecule has 1 fully saturated rings. The van der Waals surface area contributed by atoms with Crippen molar-refractivity contribution >= 4 is 34.9 Å². The first kappa shape index (κ1) is 23.8. The molecular formula is C22H31NO4S2. The second kappa shape index (κ2) is 12.3. The lowest BCUT2D eigenvalue weighted by molar-refractivity contribution is -0.121. The lowest BCUT2D eigenvalue weighted by atomic mass is 9.92. The predicted molar refractivity (Wildman–Crippen MR) is 118 cm³/mol. The molecule has 0 amide bonds. The van der Waals surface area contributed by atoms with Gasteiger partial charge in [-0.1, -0.05) is 29.5 Å². The number of aliphatic hydroxyl groups excluding tert-OH is 1. The SMILES string of the molecule is C=C(C)CC[C@H](O)C/C=C/[C@@H]1CCC(=O)[C@@H]1CCSc1nc(C(=O)OCC)cs1. The minimum Gasteiger partial charge on any atom is -0.461 e. The molecule has 0 unspecified atom stereocenters. The summed E-state index contributed by atoms with van der Waals surface area (Å²) in [5.41, 5.74) is 1.43. The van der Waals surface area contributed by atoms with E-state index in [0.29, 0.717) is 30.9 Å². The maximum atomic E-state index is 12.3. The number of carbonyl (C=O) groups is 2. The molecule has 1 aromatic heterocycles. The summed E-state index contributed by atoms with van der Waals surface area (Å²) in [6.07, 6.45) is 8.29. The van der Waals surface area contributed by atoms with Gasteiger partial charge in [-0.05, 0) is 51.9 Å². The normalized spacial score (nSPS) is 20.3. The molecule has 160 valence electrons. The van der Waals surface area contributed by atoms with E-state index in [4.69, 9.17) is 4.74 Å². The third-order valence-corrected chi connectivity index (χ3v) is 7.03. The van der Waals surface area contributed by atoms with Gasteiger partial charge in [-0.3, -0.25) is 4.79 Å². The van der Waals surface area contributed by atoms with Crippen molar-refractivity contribution in [2.45, 2.75) is 62.8 Å². The third kappa shape index (κ3) is 8.07. The van der Waals surface area contributed by atoms with Crippen molar-refractivity contribution in [1.82, 2.24) is 4.98 Å². The van der Waals surface area contributed by atoms with Crippen molar-refractivity contribution in [3.05, 3.63) is 35.4 Å². The van der Waals surface area contributed by atoms with Gasteiger partial charge in [0, 0.05) is 23.5 Å². The second-order valence-electron chi connectivity index (χ2n) is 7.45. The molecule has 2 rings (SSSR count). The minimum atomic E-state index is -0.391. The van der Waals surface area contributed by atoms with Crippen LogP contribution in [0.1, 0.15) is 62.9 Å². The zero-order chi connectivity index (χ0) is 21.2. The van der Waals surface area contributed by atoms with Crippen LogP contribution < -0.4 is 0 Å². The first-order chi connectivity index (χ1) is 13.9. The number of ether oxygens (including phenoxy) is 1. The lowest BCUT2D eigenvalue weighted by Crippen LogP contribution is -2.14. The average molecular weight is 438 g/mol. The van der Waals surface area contributed by atoms with Crippen LogP contribution in [-0.2, 0) is 9.53 Å². The van der Waals surface area contributed by atoms with Gasteiger partial charge in [0.25, 0.3) is 0 Å². The van der Waals surface area contributed by atoms with Gasteiger partial charge in [0.05, 0.1) is 12.7 Å². The molecule has 3 atom stereocenters. The van der Waals surface area contributed by atoms with Gasteiger partial charge in [0.15, 0.2) is 10.0 Å². The Morgan fingerprint density at radius 3 is 3.07 bits per heavy atom. The smallest absolute Gasteiger partial charge is 0.357 e. The third-order valence-electron chi connectivity index (χ3n) is 4.97. The van der Waals surface area contributed by atoms with E-state index < -0.39 is 5.97 Å². The molecule has 1 aromatic rings. The highest BCUT2D eigenvalue weighted by atomic mass is 32.2. The number of carbonyl (C=O) groups excluding carboxylic acids is 2. The molecule has 0 radical (unpaired) electrons. The summed E-state index contributed by atoms with van der Waals surface area (Å²) in [4.78, 5) is 28.3. The standard InChI is InChI=1S/C22H31NO4S2/c1-4-27-21(26)19-14-29-22(23-19)28-13-12-18-16(9-11-20(18)25)6-5-7-17(24)10-8-15(2)3/h5-6,14,16-18,24H,2,4,7-13H2,1,3H3/b6-5+/t16-,17-,18-/m1/s1. The Morgan fingerprint density at radius 1 is 1.55 bits per heavy atom. The van der Waals surface area contributed by atoms with E-state index in [1.54, 1.807) is 24.1 Å². The van der Waals surface area contributed by atoms with E-state index in [-0.39, 0.29) is 17.9 Å². The number of Topliss-reactive ketones (excluding diaryl/α,β-unsaturated/α-hetero) is 1. The number of esters is 1. The van der Waals surface area contributed by atoms with Crippen LogP contribution in [0.25, 0.3) is 0 Å². The summed E-state index contributed by atoms with van der Waals surface area (Å²) in [6, 6.07) is 0. The number of hydrogen-bond donors (Lipinski definition) is 1. The minimum absolute atomic E-state index is 0.0378. The van der Waals surface area contributed by atoms with Gasteiger partial charge in [-0.15, -0.1) is 17.9 Å². The number of thiazole rings is 1. The van der Waals surface area contributed by atoms with E-state index in [1.165, 1.54) is 11.3 Å². The summed E-state index contributed by atoms with van der Waals surface area (Å²) in [6.45, 7) is 7.94. The maximum Gasteiger partial charge on any atom is 0.357 e. The van der Waals surface area contributed by atoms with E-state index in [2.05, 4.69) is 17.6 Å². The van der Waals surface area contributed by atoms with Crippen molar-refractivity contribution in [2.24, 2.45) is 11.8 Å². The Kier molecular flexibility index (Phi) is 10.1. The molecule has 1 aliphatic carbocycles. The van der Waals surface area contributed by atoms with Crippen LogP contribution in [0.15, 0.2) is 34.0 Å². The molecule has 5 nitrogen and oxygen atoms in total. The molecule has 7 heteroatoms. The fourth-order valence-electron chi connectivity index (χ4n) is 3.38. The molecular weight excluding hydrogens is 406 g/mol. The molecule has 0 spiro atoms. The molecule has 1 aliphatic rings. The Labute approximate surface area is 181 Å². The highest BCUT2D eigenvalue weighted by Gasteiger charge is 2.32. The largest absolute Gasteiger partial charge is 0.461 e. The van der Waals surface area contributed by atoms with Gasteiger partial charge < -0.3 is 9.84 Å². The van der Waals surface area contributed by atoms with Gasteiger partial charge in [-0.2, -0.15) is 0 Å². The van der Waals surface area contributed by atoms with Crippen LogP contribution in [0.5, 0.6) is 0 Å². The highest BCUT2D eigenvalue weighted by Crippen LogP contribution is 2.35. The number of ketones is 1. The average Bonchev–Trinajstić information content (AvgIpc) is 3.28. The fourth-order valence-corrected chi connectivity index (χ4v) is 5.26. The Hall–Kier alpha value is -1.44. The van der Waals surface area contributed by atoms with Crippen LogP contribution in [0.3, 0.4) is 0 Å². The monoisotopic (exact) mass is 437 g/mol. The number of hydrogen-bond acceptors (Lipinski definition) is 7. The van der Waals surface area contributed by atoms with E-state index in [9.17, 15) is 14.7 Å². The molecule has 1 heterocycles. The van der Waals surface area contributed by atoms with Crippen LogP contribution in [0.2, 0.25) is 0 Å². The van der Waals surface area contributed by atoms with E-state index in [1.807, 2.05) is 13.0 Å². The Balaban J connectivity index is 1.78. The van der Waals surface area contributed by atoms with Gasteiger partial charge in [0.1, 0.15) is 5.78 Å². The van der Waals surface area contributed by atoms with Crippen LogP contribution in [0.4, 0.5) is 0 Å². The summed E-state index contributed by atoms with van der Waals surface area (Å²) in [7, 11) is 0. The van der Waals surface area contributed by atoms with Crippen molar-refractivity contribution in [2.75, 3.05) is 12.4 Å².